The van der Waals surface area contributed by atoms with E-state index >= 15 is 0 Å². The molecule has 0 radical (unpaired) electrons. The fraction of sp³-hybridized carbons (Fsp3) is 0.900. The average molecular weight is 199 g/mol. The zero-order chi connectivity index (χ0) is 10.2. The van der Waals surface area contributed by atoms with Crippen LogP contribution in [0.4, 0.5) is 0 Å². The lowest BCUT2D eigenvalue weighted by Crippen LogP contribution is -2.54. The van der Waals surface area contributed by atoms with Crippen molar-refractivity contribution in [2.75, 3.05) is 7.11 Å². The van der Waals surface area contributed by atoms with Crippen molar-refractivity contribution in [1.29, 1.82) is 0 Å². The van der Waals surface area contributed by atoms with Crippen LogP contribution in [0, 0.1) is 0 Å². The summed E-state index contributed by atoms with van der Waals surface area (Å²) in [6, 6.07) is 0. The highest BCUT2D eigenvalue weighted by Gasteiger charge is 2.46. The van der Waals surface area contributed by atoms with Gasteiger partial charge in [0.15, 0.2) is 0 Å². The first-order valence-corrected chi connectivity index (χ1v) is 5.15. The highest BCUT2D eigenvalue weighted by atomic mass is 16.5. The van der Waals surface area contributed by atoms with Crippen molar-refractivity contribution < 1.29 is 14.3 Å². The second-order valence-corrected chi connectivity index (χ2v) is 4.35. The van der Waals surface area contributed by atoms with E-state index in [1.165, 1.54) is 7.11 Å². The van der Waals surface area contributed by atoms with Crippen molar-refractivity contribution in [2.24, 2.45) is 5.73 Å². The number of carbonyl (C=O) groups is 1. The first-order chi connectivity index (χ1) is 6.64. The molecule has 2 heterocycles. The van der Waals surface area contributed by atoms with Gasteiger partial charge in [0.05, 0.1) is 31.3 Å². The van der Waals surface area contributed by atoms with Gasteiger partial charge in [0.25, 0.3) is 0 Å². The summed E-state index contributed by atoms with van der Waals surface area (Å²) < 4.78 is 10.4. The molecular weight excluding hydrogens is 182 g/mol. The molecular formula is C10H17NO3. The summed E-state index contributed by atoms with van der Waals surface area (Å²) in [5.41, 5.74) is 5.71. The van der Waals surface area contributed by atoms with Gasteiger partial charge in [0.2, 0.25) is 0 Å². The summed E-state index contributed by atoms with van der Waals surface area (Å²) in [4.78, 5) is 11.2. The van der Waals surface area contributed by atoms with Crippen LogP contribution in [0.1, 0.15) is 32.1 Å². The van der Waals surface area contributed by atoms with E-state index in [9.17, 15) is 4.79 Å². The molecule has 4 nitrogen and oxygen atoms in total. The molecule has 3 unspecified atom stereocenters. The summed E-state index contributed by atoms with van der Waals surface area (Å²) in [5, 5.41) is 0. The van der Waals surface area contributed by atoms with E-state index in [4.69, 9.17) is 10.5 Å². The Kier molecular flexibility index (Phi) is 2.49. The third kappa shape index (κ3) is 1.64. The van der Waals surface area contributed by atoms with Crippen LogP contribution in [0.2, 0.25) is 0 Å². The number of esters is 1. The number of nitrogens with two attached hydrogens (primary N) is 1. The number of rotatable bonds is 2. The summed E-state index contributed by atoms with van der Waals surface area (Å²) in [5.74, 6) is -0.235. The molecule has 2 bridgehead atoms. The topological polar surface area (TPSA) is 61.5 Å². The summed E-state index contributed by atoms with van der Waals surface area (Å²) >= 11 is 0. The molecule has 14 heavy (non-hydrogen) atoms. The van der Waals surface area contributed by atoms with Gasteiger partial charge in [-0.3, -0.25) is 4.79 Å². The monoisotopic (exact) mass is 199 g/mol. The van der Waals surface area contributed by atoms with E-state index in [0.717, 1.165) is 25.7 Å². The molecule has 2 rings (SSSR count). The number of hydrogen-bond donors (Lipinski definition) is 1. The third-order valence-electron chi connectivity index (χ3n) is 3.38. The molecule has 2 N–H and O–H groups in total. The molecule has 0 aliphatic carbocycles. The number of carbonyl (C=O) groups excluding carboxylic acids is 1. The standard InChI is InChI=1S/C10H17NO3/c1-13-9(12)6-10(11)5-4-7-2-3-8(10)14-7/h7-8H,2-6,11H2,1H3. The molecule has 4 heteroatoms. The Morgan fingerprint density at radius 1 is 1.57 bits per heavy atom. The van der Waals surface area contributed by atoms with Gasteiger partial charge < -0.3 is 15.2 Å². The predicted octanol–water partition coefficient (Wildman–Crippen LogP) is 0.588. The van der Waals surface area contributed by atoms with Crippen LogP contribution in [0.25, 0.3) is 0 Å². The van der Waals surface area contributed by atoms with Crippen LogP contribution < -0.4 is 5.73 Å². The lowest BCUT2D eigenvalue weighted by Gasteiger charge is -2.38. The maximum atomic E-state index is 11.2. The van der Waals surface area contributed by atoms with Gasteiger partial charge in [-0.15, -0.1) is 0 Å². The smallest absolute Gasteiger partial charge is 0.307 e. The van der Waals surface area contributed by atoms with Gasteiger partial charge in [0.1, 0.15) is 0 Å². The van der Waals surface area contributed by atoms with Crippen LogP contribution in [-0.2, 0) is 14.3 Å². The van der Waals surface area contributed by atoms with E-state index in [1.54, 1.807) is 0 Å². The largest absolute Gasteiger partial charge is 0.469 e. The van der Waals surface area contributed by atoms with Gasteiger partial charge in [0, 0.05) is 0 Å². The molecule has 0 aromatic carbocycles. The van der Waals surface area contributed by atoms with E-state index in [0.29, 0.717) is 6.10 Å². The average Bonchev–Trinajstić information content (AvgIpc) is 2.58. The van der Waals surface area contributed by atoms with E-state index in [2.05, 4.69) is 4.74 Å². The van der Waals surface area contributed by atoms with Crippen LogP contribution in [-0.4, -0.2) is 30.8 Å². The van der Waals surface area contributed by atoms with Gasteiger partial charge >= 0.3 is 5.97 Å². The van der Waals surface area contributed by atoms with Crippen LogP contribution in [0.5, 0.6) is 0 Å². The molecule has 2 fully saturated rings. The van der Waals surface area contributed by atoms with Crippen LogP contribution in [0.3, 0.4) is 0 Å². The maximum absolute atomic E-state index is 11.2. The van der Waals surface area contributed by atoms with Gasteiger partial charge in [-0.2, -0.15) is 0 Å². The summed E-state index contributed by atoms with van der Waals surface area (Å²) in [6.07, 6.45) is 4.64. The minimum Gasteiger partial charge on any atom is -0.469 e. The van der Waals surface area contributed by atoms with Gasteiger partial charge in [-0.1, -0.05) is 0 Å². The Morgan fingerprint density at radius 3 is 3.07 bits per heavy atom. The molecule has 0 saturated carbocycles. The number of ether oxygens (including phenoxy) is 2. The minimum absolute atomic E-state index is 0.0559. The van der Waals surface area contributed by atoms with Crippen molar-refractivity contribution in [2.45, 2.75) is 49.9 Å². The maximum Gasteiger partial charge on any atom is 0.307 e. The Morgan fingerprint density at radius 2 is 2.36 bits per heavy atom. The molecule has 2 aliphatic heterocycles. The lowest BCUT2D eigenvalue weighted by molar-refractivity contribution is -0.145. The van der Waals surface area contributed by atoms with E-state index in [1.807, 2.05) is 0 Å². The van der Waals surface area contributed by atoms with Crippen molar-refractivity contribution in [3.63, 3.8) is 0 Å². The lowest BCUT2D eigenvalue weighted by atomic mass is 9.84. The van der Waals surface area contributed by atoms with Gasteiger partial charge in [-0.05, 0) is 25.7 Å². The molecule has 0 aromatic heterocycles. The fourth-order valence-electron chi connectivity index (χ4n) is 2.47. The molecule has 3 atom stereocenters. The second-order valence-electron chi connectivity index (χ2n) is 4.35. The highest BCUT2D eigenvalue weighted by molar-refractivity contribution is 5.70. The number of fused-ring (bicyclic) bond motifs is 2. The minimum atomic E-state index is -0.486. The molecule has 0 aromatic rings. The number of hydrogen-bond acceptors (Lipinski definition) is 4. The van der Waals surface area contributed by atoms with Crippen molar-refractivity contribution in [3.05, 3.63) is 0 Å². The van der Waals surface area contributed by atoms with Crippen LogP contribution >= 0.6 is 0 Å². The third-order valence-corrected chi connectivity index (χ3v) is 3.38. The first-order valence-electron chi connectivity index (χ1n) is 5.15. The predicted molar refractivity (Wildman–Crippen MR) is 50.7 cm³/mol. The Hall–Kier alpha value is -0.610. The number of methoxy groups -OCH3 is 1. The fourth-order valence-corrected chi connectivity index (χ4v) is 2.47. The zero-order valence-corrected chi connectivity index (χ0v) is 8.49. The Balaban J connectivity index is 2.03. The highest BCUT2D eigenvalue weighted by Crippen LogP contribution is 2.39. The van der Waals surface area contributed by atoms with E-state index in [-0.39, 0.29) is 18.5 Å². The molecule has 0 amide bonds. The molecule has 80 valence electrons. The van der Waals surface area contributed by atoms with Gasteiger partial charge in [-0.25, -0.2) is 0 Å². The second kappa shape index (κ2) is 3.51. The molecule has 2 saturated heterocycles. The molecule has 0 spiro atoms. The van der Waals surface area contributed by atoms with Crippen LogP contribution in [0.15, 0.2) is 0 Å². The summed E-state index contributed by atoms with van der Waals surface area (Å²) in [6.45, 7) is 0. The van der Waals surface area contributed by atoms with Crippen molar-refractivity contribution >= 4 is 5.97 Å². The quantitative estimate of drug-likeness (QED) is 0.661. The zero-order valence-electron chi connectivity index (χ0n) is 8.49. The summed E-state index contributed by atoms with van der Waals surface area (Å²) in [7, 11) is 1.40. The van der Waals surface area contributed by atoms with Crippen molar-refractivity contribution in [1.82, 2.24) is 0 Å². The normalized spacial score (nSPS) is 41.0. The Bertz CT molecular complexity index is 244. The Labute approximate surface area is 83.7 Å². The van der Waals surface area contributed by atoms with Crippen molar-refractivity contribution in [3.8, 4) is 0 Å². The van der Waals surface area contributed by atoms with E-state index < -0.39 is 5.54 Å². The SMILES string of the molecule is COC(=O)CC1(N)CCC2CCC1O2. The first kappa shape index (κ1) is 9.93. The molecule has 2 aliphatic rings.